The van der Waals surface area contributed by atoms with Crippen molar-refractivity contribution in [1.29, 1.82) is 0 Å². The highest BCUT2D eigenvalue weighted by atomic mass is 35.5. The molecule has 1 atom stereocenters. The van der Waals surface area contributed by atoms with Crippen LogP contribution in [0.25, 0.3) is 22.4 Å². The minimum absolute atomic E-state index is 0.00821. The quantitative estimate of drug-likeness (QED) is 0.744. The smallest absolute Gasteiger partial charge is 0.217 e. The maximum atomic E-state index is 13.5. The first-order chi connectivity index (χ1) is 11.8. The van der Waals surface area contributed by atoms with E-state index in [2.05, 4.69) is 10.3 Å². The molecule has 3 aromatic rings. The fourth-order valence-electron chi connectivity index (χ4n) is 2.82. The van der Waals surface area contributed by atoms with Gasteiger partial charge in [-0.25, -0.2) is 9.37 Å². The van der Waals surface area contributed by atoms with Crippen molar-refractivity contribution in [3.63, 3.8) is 0 Å². The molecule has 0 spiro atoms. The number of rotatable bonds is 4. The molecule has 0 fully saturated rings. The number of aromatic nitrogens is 2. The molecule has 7 heteroatoms. The Kier molecular flexibility index (Phi) is 4.63. The number of halogens is 2. The Labute approximate surface area is 149 Å². The number of aromatic hydroxyl groups is 1. The van der Waals surface area contributed by atoms with E-state index in [1.807, 2.05) is 11.5 Å². The lowest BCUT2D eigenvalue weighted by Gasteiger charge is -2.16. The number of carbonyl (C=O) groups excluding carboxylic acids is 1. The van der Waals surface area contributed by atoms with Gasteiger partial charge in [-0.15, -0.1) is 0 Å². The minimum Gasteiger partial charge on any atom is -0.508 e. The molecule has 1 amide bonds. The number of nitrogens with zero attached hydrogens (tertiary/aromatic N) is 2. The summed E-state index contributed by atoms with van der Waals surface area (Å²) in [6.45, 7) is 3.76. The van der Waals surface area contributed by atoms with Gasteiger partial charge < -0.3 is 15.0 Å². The van der Waals surface area contributed by atoms with Crippen molar-refractivity contribution in [3.8, 4) is 17.1 Å². The van der Waals surface area contributed by atoms with Crippen LogP contribution in [0, 0.1) is 5.82 Å². The fourth-order valence-corrected chi connectivity index (χ4v) is 3.00. The topological polar surface area (TPSA) is 67.2 Å². The van der Waals surface area contributed by atoms with Gasteiger partial charge in [0.05, 0.1) is 16.1 Å². The van der Waals surface area contributed by atoms with E-state index in [0.29, 0.717) is 29.0 Å². The highest BCUT2D eigenvalue weighted by Crippen LogP contribution is 2.29. The number of imidazole rings is 1. The molecule has 0 radical (unpaired) electrons. The van der Waals surface area contributed by atoms with Gasteiger partial charge in [-0.2, -0.15) is 0 Å². The van der Waals surface area contributed by atoms with Gasteiger partial charge in [0.15, 0.2) is 0 Å². The Morgan fingerprint density at radius 2 is 2.12 bits per heavy atom. The van der Waals surface area contributed by atoms with Crippen LogP contribution >= 0.6 is 11.6 Å². The summed E-state index contributed by atoms with van der Waals surface area (Å²) < 4.78 is 15.4. The molecule has 5 nitrogen and oxygen atoms in total. The highest BCUT2D eigenvalue weighted by molar-refractivity contribution is 6.31. The second-order valence-electron chi connectivity index (χ2n) is 5.95. The molecular formula is C18H17ClFN3O2. The maximum Gasteiger partial charge on any atom is 0.217 e. The molecule has 130 valence electrons. The number of carbonyl (C=O) groups is 1. The second-order valence-corrected chi connectivity index (χ2v) is 6.36. The molecule has 3 rings (SSSR count). The zero-order chi connectivity index (χ0) is 18.1. The van der Waals surface area contributed by atoms with Crippen molar-refractivity contribution in [2.45, 2.75) is 26.4 Å². The lowest BCUT2D eigenvalue weighted by Crippen LogP contribution is -2.34. The third kappa shape index (κ3) is 3.58. The predicted molar refractivity (Wildman–Crippen MR) is 95.1 cm³/mol. The summed E-state index contributed by atoms with van der Waals surface area (Å²) in [6.07, 6.45) is 0. The van der Waals surface area contributed by atoms with Gasteiger partial charge >= 0.3 is 0 Å². The molecule has 2 aromatic carbocycles. The molecule has 0 aliphatic carbocycles. The summed E-state index contributed by atoms with van der Waals surface area (Å²) in [7, 11) is 0. The normalized spacial score (nSPS) is 12.3. The van der Waals surface area contributed by atoms with Gasteiger partial charge in [0, 0.05) is 31.1 Å². The van der Waals surface area contributed by atoms with Crippen LogP contribution in [0.1, 0.15) is 13.8 Å². The number of phenols is 1. The number of amides is 1. The average Bonchev–Trinajstić information content (AvgIpc) is 2.87. The molecule has 0 aliphatic heterocycles. The Morgan fingerprint density at radius 1 is 1.36 bits per heavy atom. The van der Waals surface area contributed by atoms with E-state index in [4.69, 9.17) is 11.6 Å². The van der Waals surface area contributed by atoms with Crippen LogP contribution in [0.4, 0.5) is 4.39 Å². The van der Waals surface area contributed by atoms with Gasteiger partial charge in [0.2, 0.25) is 5.91 Å². The van der Waals surface area contributed by atoms with Crippen LogP contribution in [0.5, 0.6) is 5.75 Å². The van der Waals surface area contributed by atoms with Gasteiger partial charge in [0.1, 0.15) is 17.4 Å². The molecular weight excluding hydrogens is 345 g/mol. The Hall–Kier alpha value is -2.60. The van der Waals surface area contributed by atoms with Crippen molar-refractivity contribution >= 4 is 28.5 Å². The highest BCUT2D eigenvalue weighted by Gasteiger charge is 2.17. The first kappa shape index (κ1) is 17.2. The molecule has 0 bridgehead atoms. The van der Waals surface area contributed by atoms with Crippen LogP contribution in [0.3, 0.4) is 0 Å². The molecule has 1 aromatic heterocycles. The van der Waals surface area contributed by atoms with Crippen LogP contribution in [0.15, 0.2) is 36.4 Å². The van der Waals surface area contributed by atoms with E-state index in [1.165, 1.54) is 19.1 Å². The number of hydrogen-bond acceptors (Lipinski definition) is 3. The fraction of sp³-hybridized carbons (Fsp3) is 0.222. The van der Waals surface area contributed by atoms with E-state index in [-0.39, 0.29) is 22.7 Å². The Morgan fingerprint density at radius 3 is 2.80 bits per heavy atom. The number of hydrogen-bond donors (Lipinski definition) is 2. The summed E-state index contributed by atoms with van der Waals surface area (Å²) in [5.41, 5.74) is 2.05. The van der Waals surface area contributed by atoms with E-state index in [9.17, 15) is 14.3 Å². The van der Waals surface area contributed by atoms with Crippen molar-refractivity contribution < 1.29 is 14.3 Å². The lowest BCUT2D eigenvalue weighted by atomic mass is 10.2. The Bertz CT molecular complexity index is 955. The zero-order valence-electron chi connectivity index (χ0n) is 13.8. The number of phenolic OH excluding ortho intramolecular Hbond substituents is 1. The van der Waals surface area contributed by atoms with Crippen LogP contribution < -0.4 is 5.32 Å². The molecule has 25 heavy (non-hydrogen) atoms. The Balaban J connectivity index is 2.14. The number of fused-ring (bicyclic) bond motifs is 1. The van der Waals surface area contributed by atoms with Crippen LogP contribution in [-0.4, -0.2) is 26.6 Å². The monoisotopic (exact) mass is 361 g/mol. The lowest BCUT2D eigenvalue weighted by molar-refractivity contribution is -0.119. The average molecular weight is 362 g/mol. The first-order valence-corrected chi connectivity index (χ1v) is 8.14. The predicted octanol–water partition coefficient (Wildman–Crippen LogP) is 3.73. The summed E-state index contributed by atoms with van der Waals surface area (Å²) in [6, 6.07) is 9.11. The molecule has 0 aliphatic rings. The van der Waals surface area contributed by atoms with Crippen LogP contribution in [0.2, 0.25) is 5.02 Å². The van der Waals surface area contributed by atoms with Gasteiger partial charge in [0.25, 0.3) is 0 Å². The second kappa shape index (κ2) is 6.72. The van der Waals surface area contributed by atoms with E-state index in [1.54, 1.807) is 24.3 Å². The summed E-state index contributed by atoms with van der Waals surface area (Å²) in [5, 5.41) is 12.6. The number of nitrogens with one attached hydrogen (secondary N) is 1. The minimum atomic E-state index is -0.502. The first-order valence-electron chi connectivity index (χ1n) is 7.77. The molecule has 1 unspecified atom stereocenters. The summed E-state index contributed by atoms with van der Waals surface area (Å²) >= 11 is 5.91. The largest absolute Gasteiger partial charge is 0.508 e. The van der Waals surface area contributed by atoms with Crippen molar-refractivity contribution in [3.05, 3.63) is 47.2 Å². The van der Waals surface area contributed by atoms with Crippen LogP contribution in [-0.2, 0) is 11.3 Å². The van der Waals surface area contributed by atoms with Gasteiger partial charge in [-0.3, -0.25) is 4.79 Å². The molecule has 2 N–H and O–H groups in total. The third-order valence-electron chi connectivity index (χ3n) is 3.82. The van der Waals surface area contributed by atoms with E-state index >= 15 is 0 Å². The van der Waals surface area contributed by atoms with Crippen molar-refractivity contribution in [2.75, 3.05) is 0 Å². The third-order valence-corrected chi connectivity index (χ3v) is 4.11. The number of benzene rings is 2. The summed E-state index contributed by atoms with van der Waals surface area (Å²) in [5.74, 6) is 0.0627. The van der Waals surface area contributed by atoms with Crippen molar-refractivity contribution in [2.24, 2.45) is 0 Å². The van der Waals surface area contributed by atoms with E-state index in [0.717, 1.165) is 0 Å². The van der Waals surface area contributed by atoms with Crippen molar-refractivity contribution in [1.82, 2.24) is 14.9 Å². The zero-order valence-corrected chi connectivity index (χ0v) is 14.5. The van der Waals surface area contributed by atoms with E-state index < -0.39 is 5.82 Å². The van der Waals surface area contributed by atoms with Gasteiger partial charge in [-0.1, -0.05) is 11.6 Å². The molecule has 0 saturated carbocycles. The SMILES string of the molecule is CC(=O)NC(C)Cn1c(-c2ccc(F)c(Cl)c2)nc2ccc(O)cc21. The maximum absolute atomic E-state index is 13.5. The van der Waals surface area contributed by atoms with Gasteiger partial charge in [-0.05, 0) is 37.3 Å². The summed E-state index contributed by atoms with van der Waals surface area (Å²) in [4.78, 5) is 15.9. The standard InChI is InChI=1S/C18H17ClFN3O2/c1-10(21-11(2)24)9-23-17-8-13(25)4-6-16(17)22-18(23)12-3-5-15(20)14(19)7-12/h3-8,10,25H,9H2,1-2H3,(H,21,24). The molecule has 1 heterocycles. The molecule has 0 saturated heterocycles.